The van der Waals surface area contributed by atoms with E-state index in [-0.39, 0.29) is 12.5 Å². The van der Waals surface area contributed by atoms with Gasteiger partial charge in [0.25, 0.3) is 0 Å². The molecule has 1 unspecified atom stereocenters. The van der Waals surface area contributed by atoms with E-state index < -0.39 is 5.97 Å². The zero-order valence-electron chi connectivity index (χ0n) is 12.3. The maximum atomic E-state index is 11.0. The largest absolute Gasteiger partial charge is 0.497 e. The average Bonchev–Trinajstić information content (AvgIpc) is 2.46. The Kier molecular flexibility index (Phi) is 4.98. The molecule has 0 aliphatic heterocycles. The molecular formula is C16H20N2O3. The summed E-state index contributed by atoms with van der Waals surface area (Å²) in [5, 5.41) is 14.2. The number of aliphatic carboxylic acids is 1. The lowest BCUT2D eigenvalue weighted by Gasteiger charge is -2.18. The fraction of sp³-hybridized carbons (Fsp3) is 0.375. The van der Waals surface area contributed by atoms with Crippen molar-refractivity contribution >= 4 is 22.6 Å². The summed E-state index contributed by atoms with van der Waals surface area (Å²) in [7, 11) is 1.62. The van der Waals surface area contributed by atoms with Gasteiger partial charge in [0.05, 0.1) is 13.5 Å². The summed E-state index contributed by atoms with van der Waals surface area (Å²) in [6.07, 6.45) is 3.50. The van der Waals surface area contributed by atoms with Crippen LogP contribution in [0.2, 0.25) is 0 Å². The molecule has 2 N–H and O–H groups in total. The van der Waals surface area contributed by atoms with Crippen molar-refractivity contribution in [3.63, 3.8) is 0 Å². The Balaban J connectivity index is 2.33. The zero-order chi connectivity index (χ0) is 15.2. The van der Waals surface area contributed by atoms with Crippen molar-refractivity contribution in [2.75, 3.05) is 12.4 Å². The van der Waals surface area contributed by atoms with Crippen LogP contribution in [0.3, 0.4) is 0 Å². The number of nitrogens with zero attached hydrogens (tertiary/aromatic N) is 1. The molecule has 2 aromatic rings. The second kappa shape index (κ2) is 6.92. The predicted molar refractivity (Wildman–Crippen MR) is 82.9 cm³/mol. The van der Waals surface area contributed by atoms with Gasteiger partial charge in [-0.05, 0) is 30.0 Å². The van der Waals surface area contributed by atoms with Crippen LogP contribution in [-0.4, -0.2) is 29.2 Å². The summed E-state index contributed by atoms with van der Waals surface area (Å²) >= 11 is 0. The number of hydrogen-bond acceptors (Lipinski definition) is 4. The van der Waals surface area contributed by atoms with E-state index >= 15 is 0 Å². The third-order valence-electron chi connectivity index (χ3n) is 3.37. The van der Waals surface area contributed by atoms with Crippen molar-refractivity contribution in [1.82, 2.24) is 4.98 Å². The highest BCUT2D eigenvalue weighted by Crippen LogP contribution is 2.26. The first kappa shape index (κ1) is 15.1. The molecule has 0 fully saturated rings. The number of carbonyl (C=O) groups is 1. The number of methoxy groups -OCH3 is 1. The highest BCUT2D eigenvalue weighted by molar-refractivity contribution is 5.93. The van der Waals surface area contributed by atoms with Gasteiger partial charge in [-0.1, -0.05) is 19.4 Å². The van der Waals surface area contributed by atoms with Gasteiger partial charge in [0.15, 0.2) is 0 Å². The summed E-state index contributed by atoms with van der Waals surface area (Å²) < 4.78 is 5.24. The molecule has 0 saturated heterocycles. The molecule has 21 heavy (non-hydrogen) atoms. The fourth-order valence-electron chi connectivity index (χ4n) is 2.37. The van der Waals surface area contributed by atoms with Crippen LogP contribution in [0.25, 0.3) is 10.8 Å². The van der Waals surface area contributed by atoms with Gasteiger partial charge in [0.2, 0.25) is 0 Å². The van der Waals surface area contributed by atoms with E-state index in [0.717, 1.165) is 29.4 Å². The maximum Gasteiger partial charge on any atom is 0.305 e. The Bertz CT molecular complexity index is 628. The van der Waals surface area contributed by atoms with Crippen LogP contribution >= 0.6 is 0 Å². The normalized spacial score (nSPS) is 12.1. The number of benzene rings is 1. The van der Waals surface area contributed by atoms with Crippen molar-refractivity contribution in [1.29, 1.82) is 0 Å². The first-order valence-electron chi connectivity index (χ1n) is 7.05. The van der Waals surface area contributed by atoms with Crippen LogP contribution in [0.1, 0.15) is 26.2 Å². The van der Waals surface area contributed by atoms with Gasteiger partial charge in [0, 0.05) is 17.6 Å². The lowest BCUT2D eigenvalue weighted by Crippen LogP contribution is -2.23. The van der Waals surface area contributed by atoms with E-state index in [4.69, 9.17) is 9.84 Å². The Morgan fingerprint density at radius 2 is 2.24 bits per heavy atom. The summed E-state index contributed by atoms with van der Waals surface area (Å²) in [6.45, 7) is 2.04. The first-order chi connectivity index (χ1) is 10.1. The van der Waals surface area contributed by atoms with Gasteiger partial charge in [-0.2, -0.15) is 0 Å². The molecule has 1 aromatic heterocycles. The van der Waals surface area contributed by atoms with Crippen LogP contribution in [0.15, 0.2) is 30.5 Å². The van der Waals surface area contributed by atoms with E-state index in [1.165, 1.54) is 0 Å². The van der Waals surface area contributed by atoms with Crippen LogP contribution in [0.5, 0.6) is 5.75 Å². The number of anilines is 1. The zero-order valence-corrected chi connectivity index (χ0v) is 12.3. The number of carboxylic acids is 1. The molecule has 1 heterocycles. The maximum absolute atomic E-state index is 11.0. The van der Waals surface area contributed by atoms with Crippen LogP contribution < -0.4 is 10.1 Å². The van der Waals surface area contributed by atoms with Crippen molar-refractivity contribution in [2.45, 2.75) is 32.2 Å². The average molecular weight is 288 g/mol. The van der Waals surface area contributed by atoms with Gasteiger partial charge in [-0.15, -0.1) is 0 Å². The topological polar surface area (TPSA) is 71.5 Å². The molecule has 2 rings (SSSR count). The molecule has 5 nitrogen and oxygen atoms in total. The Morgan fingerprint density at radius 3 is 2.90 bits per heavy atom. The monoisotopic (exact) mass is 288 g/mol. The summed E-state index contributed by atoms with van der Waals surface area (Å²) in [5.74, 6) is 0.647. The lowest BCUT2D eigenvalue weighted by molar-refractivity contribution is -0.137. The molecule has 0 amide bonds. The van der Waals surface area contributed by atoms with E-state index in [9.17, 15) is 4.79 Å². The quantitative estimate of drug-likeness (QED) is 0.818. The minimum atomic E-state index is -0.807. The van der Waals surface area contributed by atoms with Gasteiger partial charge < -0.3 is 15.2 Å². The minimum absolute atomic E-state index is 0.0792. The molecule has 5 heteroatoms. The minimum Gasteiger partial charge on any atom is -0.497 e. The third-order valence-corrected chi connectivity index (χ3v) is 3.37. The number of fused-ring (bicyclic) bond motifs is 1. The highest BCUT2D eigenvalue weighted by Gasteiger charge is 2.14. The molecule has 0 aliphatic carbocycles. The molecule has 112 valence electrons. The van der Waals surface area contributed by atoms with Crippen LogP contribution in [-0.2, 0) is 4.79 Å². The van der Waals surface area contributed by atoms with Crippen molar-refractivity contribution in [3.05, 3.63) is 30.5 Å². The fourth-order valence-corrected chi connectivity index (χ4v) is 2.37. The van der Waals surface area contributed by atoms with Gasteiger partial charge in [0.1, 0.15) is 11.6 Å². The highest BCUT2D eigenvalue weighted by atomic mass is 16.5. The number of pyridine rings is 1. The number of hydrogen-bond donors (Lipinski definition) is 2. The van der Waals surface area contributed by atoms with Crippen molar-refractivity contribution in [3.8, 4) is 5.75 Å². The SMILES string of the molecule is CCCC(CC(=O)O)Nc1nccc2ccc(OC)cc12. The second-order valence-corrected chi connectivity index (χ2v) is 4.97. The predicted octanol–water partition coefficient (Wildman–Crippen LogP) is 3.30. The lowest BCUT2D eigenvalue weighted by atomic mass is 10.1. The van der Waals surface area contributed by atoms with Crippen LogP contribution in [0.4, 0.5) is 5.82 Å². The number of rotatable bonds is 7. The smallest absolute Gasteiger partial charge is 0.305 e. The van der Waals surface area contributed by atoms with E-state index in [2.05, 4.69) is 10.3 Å². The third kappa shape index (κ3) is 3.84. The van der Waals surface area contributed by atoms with Gasteiger partial charge in [-0.3, -0.25) is 4.79 Å². The second-order valence-electron chi connectivity index (χ2n) is 4.97. The number of ether oxygens (including phenoxy) is 1. The molecular weight excluding hydrogens is 268 g/mol. The van der Waals surface area contributed by atoms with Crippen molar-refractivity contribution < 1.29 is 14.6 Å². The Morgan fingerprint density at radius 1 is 1.43 bits per heavy atom. The van der Waals surface area contributed by atoms with Gasteiger partial charge >= 0.3 is 5.97 Å². The standard InChI is InChI=1S/C16H20N2O3/c1-3-4-12(9-15(19)20)18-16-14-10-13(21-2)6-5-11(14)7-8-17-16/h5-8,10,12H,3-4,9H2,1-2H3,(H,17,18)(H,19,20). The number of nitrogens with one attached hydrogen (secondary N) is 1. The number of carboxylic acid groups (broad SMARTS) is 1. The molecule has 0 bridgehead atoms. The molecule has 1 atom stereocenters. The Hall–Kier alpha value is -2.30. The first-order valence-corrected chi connectivity index (χ1v) is 7.05. The molecule has 0 spiro atoms. The molecule has 1 aromatic carbocycles. The molecule has 0 radical (unpaired) electrons. The number of aromatic nitrogens is 1. The summed E-state index contributed by atoms with van der Waals surface area (Å²) in [6, 6.07) is 7.57. The molecule has 0 saturated carbocycles. The molecule has 0 aliphatic rings. The van der Waals surface area contributed by atoms with Crippen LogP contribution in [0, 0.1) is 0 Å². The van der Waals surface area contributed by atoms with E-state index in [1.807, 2.05) is 31.2 Å². The van der Waals surface area contributed by atoms with Crippen molar-refractivity contribution in [2.24, 2.45) is 0 Å². The van der Waals surface area contributed by atoms with E-state index in [0.29, 0.717) is 5.82 Å². The van der Waals surface area contributed by atoms with E-state index in [1.54, 1.807) is 13.3 Å². The van der Waals surface area contributed by atoms with Gasteiger partial charge in [-0.25, -0.2) is 4.98 Å². The summed E-state index contributed by atoms with van der Waals surface area (Å²) in [5.41, 5.74) is 0. The Labute approximate surface area is 124 Å². The summed E-state index contributed by atoms with van der Waals surface area (Å²) in [4.78, 5) is 15.3.